The van der Waals surface area contributed by atoms with Gasteiger partial charge in [0.1, 0.15) is 5.75 Å². The molecule has 0 bridgehead atoms. The quantitative estimate of drug-likeness (QED) is 0.865. The van der Waals surface area contributed by atoms with Gasteiger partial charge in [0, 0.05) is 31.4 Å². The highest BCUT2D eigenvalue weighted by Crippen LogP contribution is 2.22. The lowest BCUT2D eigenvalue weighted by Gasteiger charge is -2.34. The van der Waals surface area contributed by atoms with Crippen LogP contribution in [0.3, 0.4) is 0 Å². The fraction of sp³-hybridized carbons (Fsp3) is 0.381. The molecule has 0 aromatic heterocycles. The Bertz CT molecular complexity index is 722. The highest BCUT2D eigenvalue weighted by atomic mass is 16.5. The summed E-state index contributed by atoms with van der Waals surface area (Å²) in [5.41, 5.74) is 3.53. The molecule has 2 aromatic rings. The number of amides is 2. The van der Waals surface area contributed by atoms with E-state index in [-0.39, 0.29) is 12.1 Å². The van der Waals surface area contributed by atoms with Gasteiger partial charge in [-0.2, -0.15) is 0 Å². The maximum atomic E-state index is 12.1. The first kappa shape index (κ1) is 18.1. The van der Waals surface area contributed by atoms with E-state index < -0.39 is 0 Å². The molecule has 0 unspecified atom stereocenters. The highest BCUT2D eigenvalue weighted by molar-refractivity contribution is 5.74. The summed E-state index contributed by atoms with van der Waals surface area (Å²) < 4.78 is 5.21. The predicted octanol–water partition coefficient (Wildman–Crippen LogP) is 3.47. The van der Waals surface area contributed by atoms with E-state index >= 15 is 0 Å². The van der Waals surface area contributed by atoms with Gasteiger partial charge in [-0.3, -0.25) is 0 Å². The van der Waals surface area contributed by atoms with Gasteiger partial charge >= 0.3 is 6.03 Å². The monoisotopic (exact) mass is 353 g/mol. The highest BCUT2D eigenvalue weighted by Gasteiger charge is 2.20. The molecule has 1 aliphatic heterocycles. The molecule has 3 rings (SSSR count). The number of nitrogens with zero attached hydrogens (tertiary/aromatic N) is 1. The van der Waals surface area contributed by atoms with Crippen molar-refractivity contribution >= 4 is 11.7 Å². The van der Waals surface area contributed by atoms with Crippen molar-refractivity contribution in [3.05, 3.63) is 59.7 Å². The van der Waals surface area contributed by atoms with Gasteiger partial charge in [0.15, 0.2) is 0 Å². The summed E-state index contributed by atoms with van der Waals surface area (Å²) in [6.45, 7) is 4.49. The Hall–Kier alpha value is -2.69. The maximum absolute atomic E-state index is 12.1. The molecule has 1 aliphatic rings. The molecule has 0 radical (unpaired) electrons. The van der Waals surface area contributed by atoms with Gasteiger partial charge < -0.3 is 20.3 Å². The van der Waals surface area contributed by atoms with E-state index in [0.717, 1.165) is 37.2 Å². The van der Waals surface area contributed by atoms with Gasteiger partial charge in [-0.15, -0.1) is 0 Å². The van der Waals surface area contributed by atoms with E-state index in [9.17, 15) is 4.79 Å². The van der Waals surface area contributed by atoms with Crippen LogP contribution in [0.4, 0.5) is 10.5 Å². The topological polar surface area (TPSA) is 53.6 Å². The van der Waals surface area contributed by atoms with Gasteiger partial charge in [-0.05, 0) is 49.6 Å². The predicted molar refractivity (Wildman–Crippen MR) is 105 cm³/mol. The van der Waals surface area contributed by atoms with Crippen molar-refractivity contribution in [1.82, 2.24) is 10.6 Å². The second-order valence-corrected chi connectivity index (χ2v) is 6.78. The molecule has 0 spiro atoms. The van der Waals surface area contributed by atoms with Crippen LogP contribution in [-0.2, 0) is 6.54 Å². The maximum Gasteiger partial charge on any atom is 0.315 e. The number of piperidine rings is 1. The van der Waals surface area contributed by atoms with Crippen molar-refractivity contribution in [3.8, 4) is 5.75 Å². The Morgan fingerprint density at radius 2 is 1.88 bits per heavy atom. The van der Waals surface area contributed by atoms with Crippen molar-refractivity contribution in [2.45, 2.75) is 32.4 Å². The van der Waals surface area contributed by atoms with E-state index in [1.807, 2.05) is 24.3 Å². The van der Waals surface area contributed by atoms with Crippen molar-refractivity contribution < 1.29 is 9.53 Å². The summed E-state index contributed by atoms with van der Waals surface area (Å²) in [5, 5.41) is 6.05. The standard InChI is InChI=1S/C21H27N3O2/c1-16-4-3-5-17(14-16)15-22-21(25)23-18-10-12-24(13-11-18)19-6-8-20(26-2)9-7-19/h3-9,14,18H,10-13,15H2,1-2H3,(H2,22,23,25). The molecule has 0 atom stereocenters. The molecule has 1 fully saturated rings. The summed E-state index contributed by atoms with van der Waals surface area (Å²) in [6.07, 6.45) is 1.90. The SMILES string of the molecule is COc1ccc(N2CCC(NC(=O)NCc3cccc(C)c3)CC2)cc1. The van der Waals surface area contributed by atoms with Gasteiger partial charge in [0.05, 0.1) is 7.11 Å². The number of aryl methyl sites for hydroxylation is 1. The largest absolute Gasteiger partial charge is 0.497 e. The molecule has 2 amide bonds. The minimum absolute atomic E-state index is 0.0885. The zero-order valence-corrected chi connectivity index (χ0v) is 15.5. The Morgan fingerprint density at radius 3 is 2.54 bits per heavy atom. The molecule has 2 N–H and O–H groups in total. The molecule has 1 heterocycles. The van der Waals surface area contributed by atoms with Crippen LogP contribution in [0.25, 0.3) is 0 Å². The Labute approximate surface area is 155 Å². The normalized spacial score (nSPS) is 14.8. The van der Waals surface area contributed by atoms with Crippen molar-refractivity contribution in [2.24, 2.45) is 0 Å². The Kier molecular flexibility index (Phi) is 6.00. The van der Waals surface area contributed by atoms with E-state index in [4.69, 9.17) is 4.74 Å². The average Bonchev–Trinajstić information content (AvgIpc) is 2.67. The Balaban J connectivity index is 1.42. The molecule has 5 heteroatoms. The minimum Gasteiger partial charge on any atom is -0.497 e. The molecule has 26 heavy (non-hydrogen) atoms. The molecular formula is C21H27N3O2. The fourth-order valence-electron chi connectivity index (χ4n) is 3.32. The van der Waals surface area contributed by atoms with E-state index in [0.29, 0.717) is 6.54 Å². The van der Waals surface area contributed by atoms with E-state index in [1.165, 1.54) is 11.3 Å². The zero-order chi connectivity index (χ0) is 18.4. The number of hydrogen-bond donors (Lipinski definition) is 2. The van der Waals surface area contributed by atoms with Crippen molar-refractivity contribution in [2.75, 3.05) is 25.1 Å². The number of ether oxygens (including phenoxy) is 1. The number of carbonyl (C=O) groups excluding carboxylic acids is 1. The first-order chi connectivity index (χ1) is 12.6. The van der Waals surface area contributed by atoms with Crippen LogP contribution in [-0.4, -0.2) is 32.3 Å². The number of benzene rings is 2. The van der Waals surface area contributed by atoms with Gasteiger partial charge in [-0.25, -0.2) is 4.79 Å². The number of hydrogen-bond acceptors (Lipinski definition) is 3. The second-order valence-electron chi connectivity index (χ2n) is 6.78. The molecule has 0 aliphatic carbocycles. The third-order valence-electron chi connectivity index (χ3n) is 4.80. The van der Waals surface area contributed by atoms with Crippen LogP contribution in [0.2, 0.25) is 0 Å². The summed E-state index contributed by atoms with van der Waals surface area (Å²) >= 11 is 0. The third-order valence-corrected chi connectivity index (χ3v) is 4.80. The Morgan fingerprint density at radius 1 is 1.15 bits per heavy atom. The first-order valence-corrected chi connectivity index (χ1v) is 9.13. The number of anilines is 1. The van der Waals surface area contributed by atoms with Crippen LogP contribution in [0, 0.1) is 6.92 Å². The molecule has 5 nitrogen and oxygen atoms in total. The molecular weight excluding hydrogens is 326 g/mol. The lowest BCUT2D eigenvalue weighted by molar-refractivity contribution is 0.234. The molecule has 2 aromatic carbocycles. The molecule has 0 saturated carbocycles. The van der Waals surface area contributed by atoms with Crippen molar-refractivity contribution in [3.63, 3.8) is 0 Å². The minimum atomic E-state index is -0.0885. The summed E-state index contributed by atoms with van der Waals surface area (Å²) in [6, 6.07) is 16.5. The number of nitrogens with one attached hydrogen (secondary N) is 2. The smallest absolute Gasteiger partial charge is 0.315 e. The van der Waals surface area contributed by atoms with E-state index in [2.05, 4.69) is 46.7 Å². The lowest BCUT2D eigenvalue weighted by atomic mass is 10.0. The second kappa shape index (κ2) is 8.61. The zero-order valence-electron chi connectivity index (χ0n) is 15.5. The van der Waals surface area contributed by atoms with Crippen LogP contribution in [0.15, 0.2) is 48.5 Å². The molecule has 1 saturated heterocycles. The van der Waals surface area contributed by atoms with Gasteiger partial charge in [0.25, 0.3) is 0 Å². The summed E-state index contributed by atoms with van der Waals surface area (Å²) in [5.74, 6) is 0.871. The van der Waals surface area contributed by atoms with Crippen molar-refractivity contribution in [1.29, 1.82) is 0 Å². The van der Waals surface area contributed by atoms with Crippen LogP contribution in [0.1, 0.15) is 24.0 Å². The number of rotatable bonds is 5. The van der Waals surface area contributed by atoms with Crippen LogP contribution >= 0.6 is 0 Å². The number of urea groups is 1. The summed E-state index contributed by atoms with van der Waals surface area (Å²) in [4.78, 5) is 14.5. The van der Waals surface area contributed by atoms with Gasteiger partial charge in [0.2, 0.25) is 0 Å². The van der Waals surface area contributed by atoms with Crippen LogP contribution < -0.4 is 20.3 Å². The summed E-state index contributed by atoms with van der Waals surface area (Å²) in [7, 11) is 1.68. The number of methoxy groups -OCH3 is 1. The van der Waals surface area contributed by atoms with Gasteiger partial charge in [-0.1, -0.05) is 29.8 Å². The van der Waals surface area contributed by atoms with Crippen LogP contribution in [0.5, 0.6) is 5.75 Å². The fourth-order valence-corrected chi connectivity index (χ4v) is 3.32. The van der Waals surface area contributed by atoms with E-state index in [1.54, 1.807) is 7.11 Å². The third kappa shape index (κ3) is 4.91. The number of carbonyl (C=O) groups is 1. The average molecular weight is 353 g/mol. The lowest BCUT2D eigenvalue weighted by Crippen LogP contribution is -2.47. The first-order valence-electron chi connectivity index (χ1n) is 9.13. The molecule has 138 valence electrons.